The molecule has 3 aromatic rings. The van der Waals surface area contributed by atoms with Crippen molar-refractivity contribution in [2.24, 2.45) is 0 Å². The first kappa shape index (κ1) is 20.8. The number of hydrogen-bond acceptors (Lipinski definition) is 6. The zero-order valence-corrected chi connectivity index (χ0v) is 18.2. The maximum absolute atomic E-state index is 13.0. The van der Waals surface area contributed by atoms with E-state index in [9.17, 15) is 14.4 Å². The van der Waals surface area contributed by atoms with E-state index in [-0.39, 0.29) is 16.6 Å². The summed E-state index contributed by atoms with van der Waals surface area (Å²) in [4.78, 5) is 43.3. The molecule has 0 spiro atoms. The third-order valence-corrected chi connectivity index (χ3v) is 5.72. The Labute approximate surface area is 187 Å². The molecule has 0 saturated heterocycles. The third-order valence-electron chi connectivity index (χ3n) is 4.68. The molecule has 2 heterocycles. The highest BCUT2D eigenvalue weighted by Gasteiger charge is 2.39. The minimum atomic E-state index is -0.597. The Kier molecular flexibility index (Phi) is 5.58. The van der Waals surface area contributed by atoms with Crippen LogP contribution in [0.3, 0.4) is 0 Å². The van der Waals surface area contributed by atoms with Crippen LogP contribution >= 0.6 is 22.9 Å². The van der Waals surface area contributed by atoms with Crippen molar-refractivity contribution in [3.63, 3.8) is 0 Å². The lowest BCUT2D eigenvalue weighted by atomic mass is 10.1. The molecule has 9 heteroatoms. The van der Waals surface area contributed by atoms with Crippen molar-refractivity contribution < 1.29 is 14.4 Å². The second-order valence-electron chi connectivity index (χ2n) is 6.92. The zero-order valence-electron chi connectivity index (χ0n) is 16.6. The van der Waals surface area contributed by atoms with Gasteiger partial charge in [0.25, 0.3) is 17.7 Å². The number of thiazole rings is 1. The molecule has 0 radical (unpaired) electrons. The van der Waals surface area contributed by atoms with Gasteiger partial charge in [0.2, 0.25) is 0 Å². The summed E-state index contributed by atoms with van der Waals surface area (Å²) in [5.74, 6) is -1.49. The number of aryl methyl sites for hydroxylation is 2. The quantitative estimate of drug-likeness (QED) is 0.558. The number of nitrogens with zero attached hydrogens (tertiary/aromatic N) is 2. The number of nitrogens with one attached hydrogen (secondary N) is 2. The lowest BCUT2D eigenvalue weighted by Crippen LogP contribution is -2.33. The van der Waals surface area contributed by atoms with Crippen LogP contribution in [0, 0.1) is 13.8 Å². The summed E-state index contributed by atoms with van der Waals surface area (Å²) in [6, 6.07) is 12.1. The number of carbonyl (C=O) groups is 3. The highest BCUT2D eigenvalue weighted by Crippen LogP contribution is 2.32. The average Bonchev–Trinajstić information content (AvgIpc) is 3.33. The summed E-state index contributed by atoms with van der Waals surface area (Å²) >= 11 is 7.53. The van der Waals surface area contributed by atoms with Crippen molar-refractivity contribution in [2.75, 3.05) is 15.5 Å². The van der Waals surface area contributed by atoms with Crippen LogP contribution in [0.1, 0.15) is 21.5 Å². The molecule has 2 aromatic carbocycles. The molecule has 3 amide bonds. The van der Waals surface area contributed by atoms with Gasteiger partial charge in [-0.1, -0.05) is 29.8 Å². The van der Waals surface area contributed by atoms with Crippen LogP contribution in [0.15, 0.2) is 64.8 Å². The molecule has 1 aromatic heterocycles. The van der Waals surface area contributed by atoms with Crippen LogP contribution in [-0.2, 0) is 9.59 Å². The molecule has 0 aliphatic carbocycles. The van der Waals surface area contributed by atoms with Crippen LogP contribution in [-0.4, -0.2) is 22.7 Å². The van der Waals surface area contributed by atoms with Gasteiger partial charge in [0.1, 0.15) is 10.7 Å². The lowest BCUT2D eigenvalue weighted by molar-refractivity contribution is -0.120. The second kappa shape index (κ2) is 8.33. The fourth-order valence-corrected chi connectivity index (χ4v) is 3.86. The largest absolute Gasteiger partial charge is 0.350 e. The maximum atomic E-state index is 13.0. The van der Waals surface area contributed by atoms with Crippen LogP contribution in [0.4, 0.5) is 16.5 Å². The summed E-state index contributed by atoms with van der Waals surface area (Å²) in [5, 5.41) is 7.63. The molecule has 4 rings (SSSR count). The van der Waals surface area contributed by atoms with Gasteiger partial charge in [0, 0.05) is 22.8 Å². The SMILES string of the molecule is Cc1ccc(C)c(N2C(=O)C(Cl)=C(Nc3cccc(C(=O)Nc4nccs4)c3)C2=O)c1. The van der Waals surface area contributed by atoms with Crippen LogP contribution in [0.25, 0.3) is 0 Å². The summed E-state index contributed by atoms with van der Waals surface area (Å²) in [6.07, 6.45) is 1.59. The number of anilines is 3. The Morgan fingerprint density at radius 1 is 1.10 bits per heavy atom. The number of halogens is 1. The van der Waals surface area contributed by atoms with Gasteiger partial charge in [0.15, 0.2) is 5.13 Å². The lowest BCUT2D eigenvalue weighted by Gasteiger charge is -2.18. The van der Waals surface area contributed by atoms with Gasteiger partial charge >= 0.3 is 0 Å². The number of aromatic nitrogens is 1. The molecule has 7 nitrogen and oxygen atoms in total. The number of hydrogen-bond donors (Lipinski definition) is 2. The van der Waals surface area contributed by atoms with Crippen molar-refractivity contribution in [3.05, 3.63) is 81.5 Å². The molecule has 1 aliphatic heterocycles. The van der Waals surface area contributed by atoms with E-state index >= 15 is 0 Å². The number of rotatable bonds is 5. The van der Waals surface area contributed by atoms with Crippen LogP contribution in [0.2, 0.25) is 0 Å². The molecule has 2 N–H and O–H groups in total. The molecule has 0 saturated carbocycles. The summed E-state index contributed by atoms with van der Waals surface area (Å²) < 4.78 is 0. The normalized spacial score (nSPS) is 13.7. The Bertz CT molecular complexity index is 1240. The molecular weight excluding hydrogens is 436 g/mol. The highest BCUT2D eigenvalue weighted by atomic mass is 35.5. The van der Waals surface area contributed by atoms with Gasteiger partial charge in [-0.3, -0.25) is 19.7 Å². The summed E-state index contributed by atoms with van der Waals surface area (Å²) in [5.41, 5.74) is 2.95. The average molecular weight is 453 g/mol. The Morgan fingerprint density at radius 3 is 2.65 bits per heavy atom. The van der Waals surface area contributed by atoms with E-state index in [1.165, 1.54) is 11.3 Å². The van der Waals surface area contributed by atoms with E-state index in [0.717, 1.165) is 16.0 Å². The van der Waals surface area contributed by atoms with Crippen molar-refractivity contribution in [3.8, 4) is 0 Å². The first-order chi connectivity index (χ1) is 14.8. The number of benzene rings is 2. The van der Waals surface area contributed by atoms with Crippen molar-refractivity contribution in [1.82, 2.24) is 4.98 Å². The van der Waals surface area contributed by atoms with E-state index in [2.05, 4.69) is 15.6 Å². The maximum Gasteiger partial charge on any atom is 0.283 e. The predicted octanol–water partition coefficient (Wildman–Crippen LogP) is 4.45. The van der Waals surface area contributed by atoms with E-state index in [4.69, 9.17) is 11.6 Å². The van der Waals surface area contributed by atoms with Gasteiger partial charge in [-0.15, -0.1) is 11.3 Å². The molecular formula is C22H17ClN4O3S. The predicted molar refractivity (Wildman–Crippen MR) is 121 cm³/mol. The summed E-state index contributed by atoms with van der Waals surface area (Å²) in [6.45, 7) is 3.70. The van der Waals surface area contributed by atoms with E-state index < -0.39 is 11.8 Å². The van der Waals surface area contributed by atoms with Gasteiger partial charge in [-0.05, 0) is 49.2 Å². The number of amides is 3. The van der Waals surface area contributed by atoms with E-state index in [1.54, 1.807) is 41.9 Å². The summed E-state index contributed by atoms with van der Waals surface area (Å²) in [7, 11) is 0. The van der Waals surface area contributed by atoms with Crippen LogP contribution in [0.5, 0.6) is 0 Å². The van der Waals surface area contributed by atoms with Gasteiger partial charge in [-0.2, -0.15) is 0 Å². The number of imide groups is 1. The molecule has 0 bridgehead atoms. The van der Waals surface area contributed by atoms with E-state index in [1.807, 2.05) is 26.0 Å². The fourth-order valence-electron chi connectivity index (χ4n) is 3.13. The molecule has 0 unspecified atom stereocenters. The fraction of sp³-hybridized carbons (Fsp3) is 0.0909. The van der Waals surface area contributed by atoms with Crippen molar-refractivity contribution in [2.45, 2.75) is 13.8 Å². The molecule has 0 fully saturated rings. The van der Waals surface area contributed by atoms with Crippen molar-refractivity contribution in [1.29, 1.82) is 0 Å². The standard InChI is InChI=1S/C22H17ClN4O3S/c1-12-6-7-13(2)16(10-12)27-20(29)17(23)18(21(27)30)25-15-5-3-4-14(11-15)19(28)26-22-24-8-9-31-22/h3-11,25H,1-2H3,(H,24,26,28). The first-order valence-corrected chi connectivity index (χ1v) is 10.5. The van der Waals surface area contributed by atoms with Gasteiger partial charge < -0.3 is 5.32 Å². The highest BCUT2D eigenvalue weighted by molar-refractivity contribution is 7.13. The number of carbonyl (C=O) groups excluding carboxylic acids is 3. The topological polar surface area (TPSA) is 91.4 Å². The van der Waals surface area contributed by atoms with Gasteiger partial charge in [-0.25, -0.2) is 9.88 Å². The smallest absolute Gasteiger partial charge is 0.283 e. The molecule has 31 heavy (non-hydrogen) atoms. The molecule has 1 aliphatic rings. The third kappa shape index (κ3) is 4.08. The van der Waals surface area contributed by atoms with E-state index in [0.29, 0.717) is 22.1 Å². The molecule has 156 valence electrons. The minimum absolute atomic E-state index is 0.0370. The first-order valence-electron chi connectivity index (χ1n) is 9.29. The monoisotopic (exact) mass is 452 g/mol. The Morgan fingerprint density at radius 2 is 1.90 bits per heavy atom. The zero-order chi connectivity index (χ0) is 22.1. The Balaban J connectivity index is 1.58. The van der Waals surface area contributed by atoms with Gasteiger partial charge in [0.05, 0.1) is 5.69 Å². The van der Waals surface area contributed by atoms with Crippen LogP contribution < -0.4 is 15.5 Å². The Hall–Kier alpha value is -3.49. The van der Waals surface area contributed by atoms with Crippen molar-refractivity contribution >= 4 is 57.2 Å². The minimum Gasteiger partial charge on any atom is -0.350 e. The second-order valence-corrected chi connectivity index (χ2v) is 8.19. The molecule has 0 atom stereocenters.